The minimum absolute atomic E-state index is 0.0202. The second-order valence-corrected chi connectivity index (χ2v) is 21.2. The highest BCUT2D eigenvalue weighted by Crippen LogP contribution is 2.55. The third-order valence-corrected chi connectivity index (χ3v) is 15.3. The number of rotatable bonds is 3. The standard InChI is InChI=1S/C66H48/c1-65(2,3)44-31-41-25-24-39-26-29-49-62-55(34-43(32-44)57(41)60(39)62)64-59(38-18-11-8-12-19-38)53-35-50-48-22-15-21-47-45-28-27-40(46-20-13-14-23-56(46)66(4,5)6)30-42(45)33-52(61(47)48)51(50)36-54(53)58(63(49)64)37-16-9-7-10-17-37/h7-36H,1-6H3. The lowest BCUT2D eigenvalue weighted by atomic mass is 9.81. The van der Waals surface area contributed by atoms with Crippen LogP contribution in [0.4, 0.5) is 0 Å². The van der Waals surface area contributed by atoms with Gasteiger partial charge in [-0.1, -0.05) is 193 Å². The van der Waals surface area contributed by atoms with Crippen molar-refractivity contribution in [2.75, 3.05) is 0 Å². The third-order valence-electron chi connectivity index (χ3n) is 15.3. The summed E-state index contributed by atoms with van der Waals surface area (Å²) in [7, 11) is 0. The first-order valence-electron chi connectivity index (χ1n) is 23.7. The van der Waals surface area contributed by atoms with Gasteiger partial charge in [-0.05, 0) is 193 Å². The molecule has 0 unspecified atom stereocenters. The molecule has 0 spiro atoms. The van der Waals surface area contributed by atoms with Gasteiger partial charge in [0.05, 0.1) is 0 Å². The van der Waals surface area contributed by atoms with E-state index in [0.717, 1.165) is 0 Å². The summed E-state index contributed by atoms with van der Waals surface area (Å²) < 4.78 is 0. The summed E-state index contributed by atoms with van der Waals surface area (Å²) in [6.07, 6.45) is 0. The predicted molar refractivity (Wildman–Crippen MR) is 289 cm³/mol. The Hall–Kier alpha value is -7.54. The highest BCUT2D eigenvalue weighted by Gasteiger charge is 2.28. The topological polar surface area (TPSA) is 0 Å². The molecule has 0 atom stereocenters. The molecular formula is C66H48. The second-order valence-electron chi connectivity index (χ2n) is 21.2. The van der Waals surface area contributed by atoms with Crippen LogP contribution in [0.3, 0.4) is 0 Å². The van der Waals surface area contributed by atoms with Gasteiger partial charge >= 0.3 is 0 Å². The van der Waals surface area contributed by atoms with Crippen molar-refractivity contribution < 1.29 is 0 Å². The van der Waals surface area contributed by atoms with Gasteiger partial charge in [-0.3, -0.25) is 0 Å². The first-order valence-corrected chi connectivity index (χ1v) is 23.7. The van der Waals surface area contributed by atoms with Crippen molar-refractivity contribution in [1.82, 2.24) is 0 Å². The molecule has 0 bridgehead atoms. The first kappa shape index (κ1) is 37.8. The van der Waals surface area contributed by atoms with Gasteiger partial charge in [0.25, 0.3) is 0 Å². The Morgan fingerprint density at radius 2 is 0.833 bits per heavy atom. The zero-order valence-corrected chi connectivity index (χ0v) is 38.3. The van der Waals surface area contributed by atoms with Crippen LogP contribution in [0.25, 0.3) is 141 Å². The molecule has 66 heavy (non-hydrogen) atoms. The molecule has 14 rings (SSSR count). The fourth-order valence-corrected chi connectivity index (χ4v) is 12.3. The van der Waals surface area contributed by atoms with Crippen LogP contribution in [0.2, 0.25) is 0 Å². The van der Waals surface area contributed by atoms with Crippen LogP contribution < -0.4 is 0 Å². The molecule has 0 saturated heterocycles. The van der Waals surface area contributed by atoms with Gasteiger partial charge in [0.2, 0.25) is 0 Å². The summed E-state index contributed by atoms with van der Waals surface area (Å²) in [6.45, 7) is 14.0. The molecule has 0 nitrogen and oxygen atoms in total. The Bertz CT molecular complexity index is 4310. The van der Waals surface area contributed by atoms with Crippen LogP contribution in [-0.2, 0) is 10.8 Å². The van der Waals surface area contributed by atoms with Crippen molar-refractivity contribution in [3.05, 3.63) is 193 Å². The van der Waals surface area contributed by atoms with E-state index < -0.39 is 0 Å². The van der Waals surface area contributed by atoms with Gasteiger partial charge in [-0.25, -0.2) is 0 Å². The maximum Gasteiger partial charge on any atom is -0.000719 e. The van der Waals surface area contributed by atoms with Crippen molar-refractivity contribution in [3.63, 3.8) is 0 Å². The number of hydrogen-bond donors (Lipinski definition) is 0. The van der Waals surface area contributed by atoms with Crippen molar-refractivity contribution >= 4 is 108 Å². The normalized spacial score (nSPS) is 13.0. The van der Waals surface area contributed by atoms with E-state index in [1.165, 1.54) is 152 Å². The molecule has 14 aromatic carbocycles. The molecule has 0 aromatic heterocycles. The fraction of sp³-hybridized carbons (Fsp3) is 0.121. The summed E-state index contributed by atoms with van der Waals surface area (Å²) in [5.74, 6) is 0. The van der Waals surface area contributed by atoms with Crippen molar-refractivity contribution in [2.24, 2.45) is 0 Å². The van der Waals surface area contributed by atoms with Gasteiger partial charge in [0.15, 0.2) is 0 Å². The molecule has 0 N–H and O–H groups in total. The Labute approximate surface area is 384 Å². The van der Waals surface area contributed by atoms with E-state index in [-0.39, 0.29) is 10.8 Å². The van der Waals surface area contributed by atoms with Crippen LogP contribution >= 0.6 is 0 Å². The average Bonchev–Trinajstić information content (AvgIpc) is 3.82. The third kappa shape index (κ3) is 5.10. The fourth-order valence-electron chi connectivity index (χ4n) is 12.3. The van der Waals surface area contributed by atoms with E-state index in [9.17, 15) is 0 Å². The van der Waals surface area contributed by atoms with Gasteiger partial charge in [-0.15, -0.1) is 0 Å². The number of fused-ring (bicyclic) bond motifs is 9. The summed E-state index contributed by atoms with van der Waals surface area (Å²) in [4.78, 5) is 0. The van der Waals surface area contributed by atoms with E-state index in [1.54, 1.807) is 0 Å². The van der Waals surface area contributed by atoms with Crippen LogP contribution in [0.15, 0.2) is 182 Å². The molecule has 0 saturated carbocycles. The largest absolute Gasteiger partial charge is 0.0622 e. The van der Waals surface area contributed by atoms with E-state index in [4.69, 9.17) is 0 Å². The Balaban J connectivity index is 1.18. The minimum Gasteiger partial charge on any atom is -0.0622 e. The van der Waals surface area contributed by atoms with Crippen molar-refractivity contribution in [1.29, 1.82) is 0 Å². The van der Waals surface area contributed by atoms with E-state index in [1.807, 2.05) is 0 Å². The number of benzene rings is 12. The van der Waals surface area contributed by atoms with Gasteiger partial charge < -0.3 is 0 Å². The quantitative estimate of drug-likeness (QED) is 0.156. The summed E-state index contributed by atoms with van der Waals surface area (Å²) in [6, 6.07) is 70.1. The average molecular weight is 841 g/mol. The molecule has 0 heteroatoms. The molecule has 0 aliphatic rings. The summed E-state index contributed by atoms with van der Waals surface area (Å²) in [5, 5.41) is 26.6. The zero-order chi connectivity index (χ0) is 44.4. The highest BCUT2D eigenvalue weighted by molar-refractivity contribution is 6.46. The molecule has 0 aliphatic heterocycles. The molecule has 0 radical (unpaired) electrons. The molecule has 0 amide bonds. The van der Waals surface area contributed by atoms with Gasteiger partial charge in [0.1, 0.15) is 0 Å². The molecular weight excluding hydrogens is 793 g/mol. The monoisotopic (exact) mass is 840 g/mol. The van der Waals surface area contributed by atoms with E-state index >= 15 is 0 Å². The molecule has 312 valence electrons. The molecule has 0 aliphatic carbocycles. The van der Waals surface area contributed by atoms with Crippen LogP contribution in [-0.4, -0.2) is 0 Å². The second kappa shape index (κ2) is 13.1. The van der Waals surface area contributed by atoms with Gasteiger partial charge in [-0.2, -0.15) is 0 Å². The lowest BCUT2D eigenvalue weighted by Crippen LogP contribution is -2.12. The Morgan fingerprint density at radius 1 is 0.258 bits per heavy atom. The van der Waals surface area contributed by atoms with Crippen LogP contribution in [0.5, 0.6) is 0 Å². The summed E-state index contributed by atoms with van der Waals surface area (Å²) >= 11 is 0. The van der Waals surface area contributed by atoms with E-state index in [0.29, 0.717) is 0 Å². The van der Waals surface area contributed by atoms with Crippen LogP contribution in [0.1, 0.15) is 52.7 Å². The lowest BCUT2D eigenvalue weighted by molar-refractivity contribution is 0.591. The SMILES string of the molecule is CC(C)(C)c1cc2ccc3ccc4c5c(-c6ccccc6)c6cc7c(cc6c(-c6ccccc6)c5c5cc(c1)c2c3c45)c1cccc2c3ccc(-c4ccccc4C(C)(C)C)cc3cc7c21. The first-order chi connectivity index (χ1) is 32.0. The van der Waals surface area contributed by atoms with E-state index in [2.05, 4.69) is 224 Å². The molecule has 14 aromatic rings. The van der Waals surface area contributed by atoms with Gasteiger partial charge in [0, 0.05) is 0 Å². The lowest BCUT2D eigenvalue weighted by Gasteiger charge is -2.23. The smallest absolute Gasteiger partial charge is 0.000719 e. The zero-order valence-electron chi connectivity index (χ0n) is 38.3. The Morgan fingerprint density at radius 3 is 1.53 bits per heavy atom. The Kier molecular flexibility index (Phi) is 7.48. The minimum atomic E-state index is 0.0202. The number of hydrogen-bond acceptors (Lipinski definition) is 0. The molecule has 0 fully saturated rings. The van der Waals surface area contributed by atoms with Crippen LogP contribution in [0, 0.1) is 0 Å². The molecule has 0 heterocycles. The highest BCUT2D eigenvalue weighted by atomic mass is 14.3. The maximum atomic E-state index is 2.57. The maximum absolute atomic E-state index is 2.57. The van der Waals surface area contributed by atoms with Crippen molar-refractivity contribution in [3.8, 4) is 33.4 Å². The van der Waals surface area contributed by atoms with Crippen molar-refractivity contribution in [2.45, 2.75) is 52.4 Å². The predicted octanol–water partition coefficient (Wildman–Crippen LogP) is 19.1. The summed E-state index contributed by atoms with van der Waals surface area (Å²) in [5.41, 5.74) is 10.5.